The van der Waals surface area contributed by atoms with Gasteiger partial charge in [0.25, 0.3) is 0 Å². The zero-order valence-electron chi connectivity index (χ0n) is 11.3. The van der Waals surface area contributed by atoms with Crippen LogP contribution in [0, 0.1) is 0 Å². The molecule has 0 atom stereocenters. The van der Waals surface area contributed by atoms with Crippen molar-refractivity contribution >= 4 is 29.0 Å². The minimum Gasteiger partial charge on any atom is -0.457 e. The van der Waals surface area contributed by atoms with Crippen molar-refractivity contribution in [3.63, 3.8) is 0 Å². The number of hydrogen-bond acceptors (Lipinski definition) is 3. The lowest BCUT2D eigenvalue weighted by Gasteiger charge is -2.10. The Bertz CT molecular complexity index is 687. The molecule has 2 rings (SSSR count). The number of halogens is 2. The number of aryl methyl sites for hydroxylation is 1. The van der Waals surface area contributed by atoms with Gasteiger partial charge in [-0.1, -0.05) is 35.3 Å². The van der Waals surface area contributed by atoms with Crippen LogP contribution in [0.5, 0.6) is 11.5 Å². The van der Waals surface area contributed by atoms with Crippen molar-refractivity contribution in [1.29, 1.82) is 0 Å². The van der Waals surface area contributed by atoms with E-state index in [9.17, 15) is 0 Å². The van der Waals surface area contributed by atoms with Gasteiger partial charge in [-0.15, -0.1) is 0 Å². The second-order valence-electron chi connectivity index (χ2n) is 4.34. The Hall–Kier alpha value is -1.91. The van der Waals surface area contributed by atoms with E-state index in [1.165, 1.54) is 0 Å². The van der Waals surface area contributed by atoms with E-state index in [4.69, 9.17) is 38.9 Å². The highest BCUT2D eigenvalue weighted by Crippen LogP contribution is 2.29. The summed E-state index contributed by atoms with van der Waals surface area (Å²) in [5.41, 5.74) is 6.96. The van der Waals surface area contributed by atoms with Gasteiger partial charge in [-0.3, -0.25) is 0 Å². The Morgan fingerprint density at radius 3 is 2.43 bits per heavy atom. The molecule has 0 bridgehead atoms. The third-order valence-electron chi connectivity index (χ3n) is 2.96. The molecular weight excluding hydrogens is 311 g/mol. The van der Waals surface area contributed by atoms with Crippen LogP contribution in [0.15, 0.2) is 41.6 Å². The van der Waals surface area contributed by atoms with Crippen molar-refractivity contribution in [2.75, 3.05) is 0 Å². The summed E-state index contributed by atoms with van der Waals surface area (Å²) in [7, 11) is 0. The van der Waals surface area contributed by atoms with Crippen LogP contribution in [0.1, 0.15) is 18.1 Å². The molecular formula is C15H14Cl2N2O2. The fourth-order valence-electron chi connectivity index (χ4n) is 1.84. The second kappa shape index (κ2) is 6.70. The summed E-state index contributed by atoms with van der Waals surface area (Å²) in [6.07, 6.45) is 0.819. The molecule has 110 valence electrons. The molecule has 0 unspecified atom stereocenters. The van der Waals surface area contributed by atoms with Crippen LogP contribution in [0.3, 0.4) is 0 Å². The maximum Gasteiger partial charge on any atom is 0.171 e. The lowest BCUT2D eigenvalue weighted by atomic mass is 10.1. The second-order valence-corrected chi connectivity index (χ2v) is 5.15. The van der Waals surface area contributed by atoms with Crippen molar-refractivity contribution in [3.05, 3.63) is 57.6 Å². The average molecular weight is 325 g/mol. The minimum atomic E-state index is -0.0497. The average Bonchev–Trinajstić information content (AvgIpc) is 2.48. The number of ether oxygens (including phenoxy) is 1. The quantitative estimate of drug-likeness (QED) is 0.378. The summed E-state index contributed by atoms with van der Waals surface area (Å²) in [5, 5.41) is 12.6. The molecule has 0 aliphatic rings. The molecule has 21 heavy (non-hydrogen) atoms. The standard InChI is InChI=1S/C15H14Cl2N2O2/c1-2-9-7-10(4-6-13(9)16)21-11-3-5-12(14(17)8-11)15(18)19-20/h3-8,20H,2H2,1H3,(H2,18,19). The van der Waals surface area contributed by atoms with Gasteiger partial charge in [0.2, 0.25) is 0 Å². The Kier molecular flexibility index (Phi) is 4.94. The number of rotatable bonds is 4. The summed E-state index contributed by atoms with van der Waals surface area (Å²) >= 11 is 12.1. The maximum absolute atomic E-state index is 8.66. The number of benzene rings is 2. The monoisotopic (exact) mass is 324 g/mol. The largest absolute Gasteiger partial charge is 0.457 e. The molecule has 0 heterocycles. The number of nitrogens with zero attached hydrogens (tertiary/aromatic N) is 1. The predicted molar refractivity (Wildman–Crippen MR) is 84.9 cm³/mol. The normalized spacial score (nSPS) is 11.5. The van der Waals surface area contributed by atoms with Gasteiger partial charge in [0.15, 0.2) is 5.84 Å². The molecule has 0 fully saturated rings. The highest BCUT2D eigenvalue weighted by atomic mass is 35.5. The first-order valence-corrected chi connectivity index (χ1v) is 7.04. The molecule has 0 spiro atoms. The van der Waals surface area contributed by atoms with E-state index in [2.05, 4.69) is 5.16 Å². The summed E-state index contributed by atoms with van der Waals surface area (Å²) in [5.74, 6) is 1.18. The molecule has 6 heteroatoms. The first-order chi connectivity index (χ1) is 10.0. The molecule has 0 aromatic heterocycles. The number of amidine groups is 1. The molecule has 0 saturated carbocycles. The third-order valence-corrected chi connectivity index (χ3v) is 3.64. The van der Waals surface area contributed by atoms with Crippen LogP contribution < -0.4 is 10.5 Å². The van der Waals surface area contributed by atoms with E-state index < -0.39 is 0 Å². The highest BCUT2D eigenvalue weighted by molar-refractivity contribution is 6.34. The lowest BCUT2D eigenvalue weighted by Crippen LogP contribution is -2.13. The lowest BCUT2D eigenvalue weighted by molar-refractivity contribution is 0.318. The molecule has 0 saturated heterocycles. The van der Waals surface area contributed by atoms with E-state index in [0.717, 1.165) is 12.0 Å². The summed E-state index contributed by atoms with van der Waals surface area (Å²) in [4.78, 5) is 0. The Labute approximate surface area is 132 Å². The Morgan fingerprint density at radius 1 is 1.14 bits per heavy atom. The van der Waals surface area contributed by atoms with E-state index in [-0.39, 0.29) is 5.84 Å². The van der Waals surface area contributed by atoms with E-state index in [1.54, 1.807) is 30.3 Å². The molecule has 2 aromatic rings. The van der Waals surface area contributed by atoms with Gasteiger partial charge in [-0.2, -0.15) is 0 Å². The Balaban J connectivity index is 2.26. The zero-order chi connectivity index (χ0) is 15.4. The Morgan fingerprint density at radius 2 is 1.81 bits per heavy atom. The SMILES string of the molecule is CCc1cc(Oc2ccc(C(N)=NO)c(Cl)c2)ccc1Cl. The van der Waals surface area contributed by atoms with Gasteiger partial charge in [0.05, 0.1) is 5.02 Å². The molecule has 2 aromatic carbocycles. The summed E-state index contributed by atoms with van der Waals surface area (Å²) < 4.78 is 5.74. The molecule has 0 aliphatic carbocycles. The summed E-state index contributed by atoms with van der Waals surface area (Å²) in [6.45, 7) is 2.02. The van der Waals surface area contributed by atoms with Crippen LogP contribution in [0.25, 0.3) is 0 Å². The van der Waals surface area contributed by atoms with E-state index in [0.29, 0.717) is 27.1 Å². The van der Waals surface area contributed by atoms with Gasteiger partial charge in [-0.05, 0) is 42.3 Å². The van der Waals surface area contributed by atoms with Crippen LogP contribution in [0.2, 0.25) is 10.0 Å². The van der Waals surface area contributed by atoms with E-state index >= 15 is 0 Å². The van der Waals surface area contributed by atoms with Crippen molar-refractivity contribution < 1.29 is 9.94 Å². The molecule has 3 N–H and O–H groups in total. The van der Waals surface area contributed by atoms with E-state index in [1.807, 2.05) is 13.0 Å². The van der Waals surface area contributed by atoms with Crippen molar-refractivity contribution in [3.8, 4) is 11.5 Å². The van der Waals surface area contributed by atoms with Crippen LogP contribution in [0.4, 0.5) is 0 Å². The zero-order valence-corrected chi connectivity index (χ0v) is 12.8. The van der Waals surface area contributed by atoms with Gasteiger partial charge >= 0.3 is 0 Å². The number of nitrogens with two attached hydrogens (primary N) is 1. The molecule has 0 amide bonds. The maximum atomic E-state index is 8.66. The molecule has 0 aliphatic heterocycles. The summed E-state index contributed by atoms with van der Waals surface area (Å²) in [6, 6.07) is 10.4. The minimum absolute atomic E-state index is 0.0497. The van der Waals surface area contributed by atoms with Gasteiger partial charge in [0.1, 0.15) is 11.5 Å². The fourth-order valence-corrected chi connectivity index (χ4v) is 2.36. The number of hydrogen-bond donors (Lipinski definition) is 2. The first-order valence-electron chi connectivity index (χ1n) is 6.29. The first kappa shape index (κ1) is 15.5. The third kappa shape index (κ3) is 3.60. The van der Waals surface area contributed by atoms with Gasteiger partial charge in [-0.25, -0.2) is 0 Å². The number of oxime groups is 1. The molecule has 4 nitrogen and oxygen atoms in total. The smallest absolute Gasteiger partial charge is 0.171 e. The molecule has 0 radical (unpaired) electrons. The van der Waals surface area contributed by atoms with Gasteiger partial charge < -0.3 is 15.7 Å². The topological polar surface area (TPSA) is 67.8 Å². The van der Waals surface area contributed by atoms with Crippen LogP contribution in [-0.4, -0.2) is 11.0 Å². The van der Waals surface area contributed by atoms with Crippen molar-refractivity contribution in [2.24, 2.45) is 10.9 Å². The van der Waals surface area contributed by atoms with Crippen molar-refractivity contribution in [1.82, 2.24) is 0 Å². The van der Waals surface area contributed by atoms with Crippen molar-refractivity contribution in [2.45, 2.75) is 13.3 Å². The van der Waals surface area contributed by atoms with Crippen LogP contribution >= 0.6 is 23.2 Å². The van der Waals surface area contributed by atoms with Crippen LogP contribution in [-0.2, 0) is 6.42 Å². The highest BCUT2D eigenvalue weighted by Gasteiger charge is 2.08. The van der Waals surface area contributed by atoms with Gasteiger partial charge in [0, 0.05) is 16.7 Å². The predicted octanol–water partition coefficient (Wildman–Crippen LogP) is 4.44. The fraction of sp³-hybridized carbons (Fsp3) is 0.133.